The number of aliphatic hydroxyl groups excluding tert-OH is 1. The standard InChI is InChI=1S/C13H20N2O2/c1-10(2)17-9-11-4-3-5-13(14-11)15-7-6-12(16)8-15/h3-5,10,12,16H,6-9H2,1-2H3. The molecular formula is C13H20N2O2. The number of aromatic nitrogens is 1. The molecule has 1 aromatic heterocycles. The lowest BCUT2D eigenvalue weighted by Crippen LogP contribution is -2.22. The van der Waals surface area contributed by atoms with Gasteiger partial charge in [-0.3, -0.25) is 0 Å². The molecular weight excluding hydrogens is 216 g/mol. The normalized spacial score (nSPS) is 20.2. The van der Waals surface area contributed by atoms with Crippen LogP contribution in [0.4, 0.5) is 5.82 Å². The molecule has 1 fully saturated rings. The Morgan fingerprint density at radius 3 is 3.00 bits per heavy atom. The number of β-amino-alcohol motifs (C(OH)–C–C–N with tert-alkyl or cyclic N) is 1. The Hall–Kier alpha value is -1.13. The second-order valence-electron chi connectivity index (χ2n) is 4.74. The lowest BCUT2D eigenvalue weighted by atomic mass is 10.3. The summed E-state index contributed by atoms with van der Waals surface area (Å²) in [4.78, 5) is 6.67. The molecule has 0 saturated carbocycles. The fraction of sp³-hybridized carbons (Fsp3) is 0.615. The molecule has 4 heteroatoms. The molecule has 1 unspecified atom stereocenters. The second kappa shape index (κ2) is 5.47. The predicted molar refractivity (Wildman–Crippen MR) is 67.0 cm³/mol. The average Bonchev–Trinajstić information content (AvgIpc) is 2.74. The van der Waals surface area contributed by atoms with Crippen molar-refractivity contribution in [3.8, 4) is 0 Å². The monoisotopic (exact) mass is 236 g/mol. The highest BCUT2D eigenvalue weighted by Crippen LogP contribution is 2.18. The van der Waals surface area contributed by atoms with Gasteiger partial charge in [0.1, 0.15) is 5.82 Å². The maximum absolute atomic E-state index is 9.51. The minimum Gasteiger partial charge on any atom is -0.391 e. The molecule has 1 aromatic rings. The van der Waals surface area contributed by atoms with Crippen molar-refractivity contribution in [2.24, 2.45) is 0 Å². The SMILES string of the molecule is CC(C)OCc1cccc(N2CCC(O)C2)n1. The van der Waals surface area contributed by atoms with Crippen LogP contribution in [0.15, 0.2) is 18.2 Å². The topological polar surface area (TPSA) is 45.6 Å². The highest BCUT2D eigenvalue weighted by molar-refractivity contribution is 5.40. The number of rotatable bonds is 4. The first-order valence-corrected chi connectivity index (χ1v) is 6.15. The summed E-state index contributed by atoms with van der Waals surface area (Å²) in [5, 5.41) is 9.51. The van der Waals surface area contributed by atoms with Crippen LogP contribution in [0.25, 0.3) is 0 Å². The van der Waals surface area contributed by atoms with E-state index in [2.05, 4.69) is 9.88 Å². The van der Waals surface area contributed by atoms with Gasteiger partial charge in [0.25, 0.3) is 0 Å². The van der Waals surface area contributed by atoms with E-state index in [0.29, 0.717) is 13.2 Å². The molecule has 94 valence electrons. The van der Waals surface area contributed by atoms with Gasteiger partial charge in [-0.1, -0.05) is 6.07 Å². The van der Waals surface area contributed by atoms with E-state index in [0.717, 1.165) is 24.5 Å². The highest BCUT2D eigenvalue weighted by atomic mass is 16.5. The van der Waals surface area contributed by atoms with Gasteiger partial charge >= 0.3 is 0 Å². The minimum absolute atomic E-state index is 0.215. The van der Waals surface area contributed by atoms with Gasteiger partial charge in [0.2, 0.25) is 0 Å². The number of hydrogen-bond donors (Lipinski definition) is 1. The lowest BCUT2D eigenvalue weighted by Gasteiger charge is -2.17. The summed E-state index contributed by atoms with van der Waals surface area (Å²) in [6, 6.07) is 5.95. The van der Waals surface area contributed by atoms with Gasteiger partial charge in [0, 0.05) is 13.1 Å². The third kappa shape index (κ3) is 3.41. The summed E-state index contributed by atoms with van der Waals surface area (Å²) in [6.45, 7) is 6.13. The summed E-state index contributed by atoms with van der Waals surface area (Å²) in [6.07, 6.45) is 0.829. The fourth-order valence-electron chi connectivity index (χ4n) is 1.93. The van der Waals surface area contributed by atoms with Crippen LogP contribution >= 0.6 is 0 Å². The average molecular weight is 236 g/mol. The van der Waals surface area contributed by atoms with Crippen molar-refractivity contribution in [1.82, 2.24) is 4.98 Å². The van der Waals surface area contributed by atoms with Crippen LogP contribution < -0.4 is 4.90 Å². The predicted octanol–water partition coefficient (Wildman–Crippen LogP) is 1.58. The number of nitrogens with zero attached hydrogens (tertiary/aromatic N) is 2. The molecule has 0 aromatic carbocycles. The van der Waals surface area contributed by atoms with E-state index in [1.54, 1.807) is 0 Å². The number of pyridine rings is 1. The Kier molecular flexibility index (Phi) is 3.97. The van der Waals surface area contributed by atoms with Gasteiger partial charge in [-0.25, -0.2) is 4.98 Å². The Morgan fingerprint density at radius 2 is 2.35 bits per heavy atom. The first-order chi connectivity index (χ1) is 8.15. The van der Waals surface area contributed by atoms with Crippen LogP contribution in [-0.4, -0.2) is 35.4 Å². The molecule has 17 heavy (non-hydrogen) atoms. The number of anilines is 1. The van der Waals surface area contributed by atoms with E-state index in [9.17, 15) is 5.11 Å². The Balaban J connectivity index is 2.01. The zero-order chi connectivity index (χ0) is 12.3. The molecule has 0 aliphatic carbocycles. The van der Waals surface area contributed by atoms with E-state index in [1.165, 1.54) is 0 Å². The van der Waals surface area contributed by atoms with E-state index in [4.69, 9.17) is 4.74 Å². The van der Waals surface area contributed by atoms with Gasteiger partial charge in [0.05, 0.1) is 24.5 Å². The van der Waals surface area contributed by atoms with E-state index in [1.807, 2.05) is 32.0 Å². The fourth-order valence-corrected chi connectivity index (χ4v) is 1.93. The maximum Gasteiger partial charge on any atom is 0.128 e. The van der Waals surface area contributed by atoms with Gasteiger partial charge in [-0.05, 0) is 32.4 Å². The van der Waals surface area contributed by atoms with Crippen molar-refractivity contribution >= 4 is 5.82 Å². The van der Waals surface area contributed by atoms with Crippen molar-refractivity contribution < 1.29 is 9.84 Å². The number of ether oxygens (including phenoxy) is 1. The molecule has 1 N–H and O–H groups in total. The maximum atomic E-state index is 9.51. The highest BCUT2D eigenvalue weighted by Gasteiger charge is 2.21. The molecule has 4 nitrogen and oxygen atoms in total. The molecule has 0 spiro atoms. The van der Waals surface area contributed by atoms with E-state index < -0.39 is 0 Å². The summed E-state index contributed by atoms with van der Waals surface area (Å²) in [5.41, 5.74) is 0.942. The zero-order valence-corrected chi connectivity index (χ0v) is 10.5. The Morgan fingerprint density at radius 1 is 1.53 bits per heavy atom. The summed E-state index contributed by atoms with van der Waals surface area (Å²) in [5.74, 6) is 0.936. The third-order valence-corrected chi connectivity index (χ3v) is 2.84. The van der Waals surface area contributed by atoms with Crippen molar-refractivity contribution in [3.05, 3.63) is 23.9 Å². The van der Waals surface area contributed by atoms with Crippen LogP contribution in [0.1, 0.15) is 26.0 Å². The summed E-state index contributed by atoms with van der Waals surface area (Å²) >= 11 is 0. The van der Waals surface area contributed by atoms with Gasteiger partial charge in [-0.2, -0.15) is 0 Å². The molecule has 0 amide bonds. The van der Waals surface area contributed by atoms with E-state index in [-0.39, 0.29) is 12.2 Å². The number of hydrogen-bond acceptors (Lipinski definition) is 4. The van der Waals surface area contributed by atoms with Crippen molar-refractivity contribution in [2.45, 2.75) is 39.1 Å². The van der Waals surface area contributed by atoms with Crippen molar-refractivity contribution in [2.75, 3.05) is 18.0 Å². The zero-order valence-electron chi connectivity index (χ0n) is 10.5. The van der Waals surface area contributed by atoms with Crippen molar-refractivity contribution in [3.63, 3.8) is 0 Å². The molecule has 0 bridgehead atoms. The Labute approximate surface area is 102 Å². The van der Waals surface area contributed by atoms with Gasteiger partial charge in [-0.15, -0.1) is 0 Å². The third-order valence-electron chi connectivity index (χ3n) is 2.84. The van der Waals surface area contributed by atoms with Crippen LogP contribution in [0.5, 0.6) is 0 Å². The van der Waals surface area contributed by atoms with Gasteiger partial charge < -0.3 is 14.7 Å². The molecule has 1 aliphatic rings. The summed E-state index contributed by atoms with van der Waals surface area (Å²) in [7, 11) is 0. The molecule has 1 saturated heterocycles. The van der Waals surface area contributed by atoms with Crippen molar-refractivity contribution in [1.29, 1.82) is 0 Å². The molecule has 1 atom stereocenters. The van der Waals surface area contributed by atoms with Crippen LogP contribution in [0.2, 0.25) is 0 Å². The molecule has 1 aliphatic heterocycles. The first kappa shape index (κ1) is 12.3. The Bertz CT molecular complexity index is 368. The summed E-state index contributed by atoms with van der Waals surface area (Å²) < 4.78 is 5.54. The smallest absolute Gasteiger partial charge is 0.128 e. The van der Waals surface area contributed by atoms with E-state index >= 15 is 0 Å². The van der Waals surface area contributed by atoms with Crippen LogP contribution in [0, 0.1) is 0 Å². The molecule has 2 rings (SSSR count). The lowest BCUT2D eigenvalue weighted by molar-refractivity contribution is 0.0636. The van der Waals surface area contributed by atoms with Gasteiger partial charge in [0.15, 0.2) is 0 Å². The second-order valence-corrected chi connectivity index (χ2v) is 4.74. The largest absolute Gasteiger partial charge is 0.391 e. The number of aliphatic hydroxyl groups is 1. The quantitative estimate of drug-likeness (QED) is 0.862. The van der Waals surface area contributed by atoms with Crippen LogP contribution in [0.3, 0.4) is 0 Å². The first-order valence-electron chi connectivity index (χ1n) is 6.15. The van der Waals surface area contributed by atoms with Crippen LogP contribution in [-0.2, 0) is 11.3 Å². The minimum atomic E-state index is -0.215. The molecule has 0 radical (unpaired) electrons. The molecule has 2 heterocycles.